The molecule has 0 spiro atoms. The van der Waals surface area contributed by atoms with Gasteiger partial charge in [0.05, 0.1) is 17.3 Å². The number of likely N-dealkylation sites (tertiary alicyclic amines) is 1. The number of carbonyl (C=O) groups is 2. The van der Waals surface area contributed by atoms with Crippen LogP contribution in [0.5, 0.6) is 0 Å². The molecular weight excluding hydrogens is 423 g/mol. The lowest BCUT2D eigenvalue weighted by molar-refractivity contribution is -0.140. The number of aliphatic hydroxyl groups is 1. The van der Waals surface area contributed by atoms with E-state index in [0.717, 1.165) is 5.56 Å². The van der Waals surface area contributed by atoms with Crippen molar-refractivity contribution in [3.8, 4) is 0 Å². The van der Waals surface area contributed by atoms with Crippen molar-refractivity contribution in [2.45, 2.75) is 26.3 Å². The summed E-state index contributed by atoms with van der Waals surface area (Å²) in [6, 6.07) is 8.73. The largest absolute Gasteiger partial charge is 0.505 e. The van der Waals surface area contributed by atoms with Gasteiger partial charge >= 0.3 is 0 Å². The monoisotopic (exact) mass is 450 g/mol. The maximum Gasteiger partial charge on any atom is 0.295 e. The number of aliphatic hydroxyl groups excluding tert-OH is 1. The minimum atomic E-state index is -1.02. The average molecular weight is 451 g/mol. The number of imidazole rings is 1. The second-order valence-electron chi connectivity index (χ2n) is 8.60. The second-order valence-corrected chi connectivity index (χ2v) is 8.60. The van der Waals surface area contributed by atoms with E-state index < -0.39 is 23.5 Å². The third-order valence-electron chi connectivity index (χ3n) is 5.99. The van der Waals surface area contributed by atoms with Crippen molar-refractivity contribution in [1.82, 2.24) is 19.2 Å². The Labute approximate surface area is 191 Å². The Morgan fingerprint density at radius 3 is 2.58 bits per heavy atom. The SMILES string of the molecule is Cc1nc2c(C)cccn2c1C(O)=C1C(=O)C(=O)N(CCCN(C)C)C1c1ccccc1F. The van der Waals surface area contributed by atoms with E-state index in [2.05, 4.69) is 4.98 Å². The zero-order valence-corrected chi connectivity index (χ0v) is 19.2. The smallest absolute Gasteiger partial charge is 0.295 e. The van der Waals surface area contributed by atoms with Crippen LogP contribution in [0.3, 0.4) is 0 Å². The predicted octanol–water partition coefficient (Wildman–Crippen LogP) is 3.46. The standard InChI is InChI=1S/C25H27FN4O3/c1-15-9-7-13-29-20(16(2)27-24(15)29)22(31)19-21(17-10-5-6-11-18(17)26)30(25(33)23(19)32)14-8-12-28(3)4/h5-7,9-11,13,21,31H,8,12,14H2,1-4H3. The molecule has 0 radical (unpaired) electrons. The zero-order valence-electron chi connectivity index (χ0n) is 19.2. The molecule has 1 saturated heterocycles. The summed E-state index contributed by atoms with van der Waals surface area (Å²) in [6.07, 6.45) is 2.33. The number of halogens is 1. The second kappa shape index (κ2) is 8.78. The number of ketones is 1. The Morgan fingerprint density at radius 1 is 1.15 bits per heavy atom. The Hall–Kier alpha value is -3.52. The highest BCUT2D eigenvalue weighted by Gasteiger charge is 2.47. The van der Waals surface area contributed by atoms with Crippen molar-refractivity contribution in [3.63, 3.8) is 0 Å². The molecule has 0 aliphatic carbocycles. The number of Topliss-reactive ketones (excluding diaryl/α,β-unsaturated/α-hetero) is 1. The van der Waals surface area contributed by atoms with Gasteiger partial charge in [-0.05, 0) is 58.6 Å². The molecule has 0 bridgehead atoms. The highest BCUT2D eigenvalue weighted by molar-refractivity contribution is 6.46. The molecule has 8 heteroatoms. The molecule has 1 fully saturated rings. The van der Waals surface area contributed by atoms with E-state index in [1.807, 2.05) is 38.1 Å². The summed E-state index contributed by atoms with van der Waals surface area (Å²) < 4.78 is 16.6. The van der Waals surface area contributed by atoms with E-state index in [1.54, 1.807) is 35.7 Å². The molecular formula is C25H27FN4O3. The average Bonchev–Trinajstić information content (AvgIpc) is 3.23. The molecule has 1 atom stereocenters. The molecule has 3 aromatic rings. The lowest BCUT2D eigenvalue weighted by atomic mass is 9.95. The molecule has 1 N–H and O–H groups in total. The van der Waals surface area contributed by atoms with Gasteiger partial charge in [0.15, 0.2) is 5.76 Å². The van der Waals surface area contributed by atoms with Crippen LogP contribution in [0.1, 0.15) is 35.0 Å². The third kappa shape index (κ3) is 3.91. The Bertz CT molecular complexity index is 1280. The molecule has 1 amide bonds. The van der Waals surface area contributed by atoms with E-state index >= 15 is 0 Å². The molecule has 7 nitrogen and oxygen atoms in total. The highest BCUT2D eigenvalue weighted by atomic mass is 19.1. The number of amides is 1. The Morgan fingerprint density at radius 2 is 1.88 bits per heavy atom. The first-order valence-corrected chi connectivity index (χ1v) is 10.8. The number of benzene rings is 1. The number of fused-ring (bicyclic) bond motifs is 1. The number of hydrogen-bond acceptors (Lipinski definition) is 5. The maximum atomic E-state index is 14.9. The van der Waals surface area contributed by atoms with Crippen LogP contribution in [0, 0.1) is 19.7 Å². The van der Waals surface area contributed by atoms with Crippen LogP contribution >= 0.6 is 0 Å². The topological polar surface area (TPSA) is 78.1 Å². The van der Waals surface area contributed by atoms with Gasteiger partial charge < -0.3 is 14.9 Å². The molecule has 3 heterocycles. The predicted molar refractivity (Wildman–Crippen MR) is 123 cm³/mol. The highest BCUT2D eigenvalue weighted by Crippen LogP contribution is 2.41. The fourth-order valence-corrected chi connectivity index (χ4v) is 4.42. The lowest BCUT2D eigenvalue weighted by Gasteiger charge is -2.26. The van der Waals surface area contributed by atoms with Crippen LogP contribution < -0.4 is 0 Å². The molecule has 1 aliphatic rings. The number of aromatic nitrogens is 2. The number of pyridine rings is 1. The molecule has 1 aromatic carbocycles. The van der Waals surface area contributed by atoms with Crippen molar-refractivity contribution in [2.75, 3.05) is 27.2 Å². The molecule has 0 saturated carbocycles. The number of carbonyl (C=O) groups excluding carboxylic acids is 2. The summed E-state index contributed by atoms with van der Waals surface area (Å²) in [5.74, 6) is -2.47. The Balaban J connectivity index is 1.92. The van der Waals surface area contributed by atoms with Crippen LogP contribution in [-0.2, 0) is 9.59 Å². The zero-order chi connectivity index (χ0) is 23.9. The van der Waals surface area contributed by atoms with Crippen LogP contribution in [-0.4, -0.2) is 63.2 Å². The van der Waals surface area contributed by atoms with Gasteiger partial charge in [0.1, 0.15) is 17.2 Å². The molecule has 1 aliphatic heterocycles. The van der Waals surface area contributed by atoms with Crippen LogP contribution in [0.15, 0.2) is 48.2 Å². The fraction of sp³-hybridized carbons (Fsp3) is 0.320. The number of aryl methyl sites for hydroxylation is 2. The quantitative estimate of drug-likeness (QED) is 0.354. The van der Waals surface area contributed by atoms with Gasteiger partial charge in [0, 0.05) is 18.3 Å². The molecule has 1 unspecified atom stereocenters. The number of nitrogens with zero attached hydrogens (tertiary/aromatic N) is 4. The number of hydrogen-bond donors (Lipinski definition) is 1. The Kier molecular flexibility index (Phi) is 6.03. The summed E-state index contributed by atoms with van der Waals surface area (Å²) in [4.78, 5) is 34.1. The van der Waals surface area contributed by atoms with Crippen LogP contribution in [0.2, 0.25) is 0 Å². The van der Waals surface area contributed by atoms with Crippen molar-refractivity contribution in [3.05, 3.63) is 76.5 Å². The summed E-state index contributed by atoms with van der Waals surface area (Å²) in [6.45, 7) is 4.57. The summed E-state index contributed by atoms with van der Waals surface area (Å²) >= 11 is 0. The maximum absolute atomic E-state index is 14.9. The van der Waals surface area contributed by atoms with Crippen molar-refractivity contribution >= 4 is 23.1 Å². The third-order valence-corrected chi connectivity index (χ3v) is 5.99. The van der Waals surface area contributed by atoms with Gasteiger partial charge in [0.2, 0.25) is 0 Å². The molecule has 33 heavy (non-hydrogen) atoms. The van der Waals surface area contributed by atoms with Crippen LogP contribution in [0.25, 0.3) is 11.4 Å². The first-order valence-electron chi connectivity index (χ1n) is 10.8. The van der Waals surface area contributed by atoms with Crippen molar-refractivity contribution in [1.29, 1.82) is 0 Å². The van der Waals surface area contributed by atoms with Gasteiger partial charge in [-0.1, -0.05) is 24.3 Å². The minimum absolute atomic E-state index is 0.124. The van der Waals surface area contributed by atoms with E-state index in [0.29, 0.717) is 30.0 Å². The van der Waals surface area contributed by atoms with Crippen LogP contribution in [0.4, 0.5) is 4.39 Å². The molecule has 2 aromatic heterocycles. The molecule has 172 valence electrons. The van der Waals surface area contributed by atoms with Gasteiger partial charge in [0.25, 0.3) is 11.7 Å². The first kappa shape index (κ1) is 22.7. The van der Waals surface area contributed by atoms with E-state index in [4.69, 9.17) is 0 Å². The summed E-state index contributed by atoms with van der Waals surface area (Å²) in [5, 5.41) is 11.4. The van der Waals surface area contributed by atoms with E-state index in [-0.39, 0.29) is 23.4 Å². The van der Waals surface area contributed by atoms with E-state index in [1.165, 1.54) is 11.0 Å². The minimum Gasteiger partial charge on any atom is -0.505 e. The van der Waals surface area contributed by atoms with Gasteiger partial charge in [-0.2, -0.15) is 0 Å². The summed E-state index contributed by atoms with van der Waals surface area (Å²) in [5.41, 5.74) is 2.41. The van der Waals surface area contributed by atoms with Gasteiger partial charge in [-0.3, -0.25) is 14.0 Å². The lowest BCUT2D eigenvalue weighted by Crippen LogP contribution is -2.32. The van der Waals surface area contributed by atoms with Crippen molar-refractivity contribution < 1.29 is 19.1 Å². The first-order chi connectivity index (χ1) is 15.7. The van der Waals surface area contributed by atoms with Gasteiger partial charge in [-0.25, -0.2) is 9.37 Å². The molecule has 4 rings (SSSR count). The van der Waals surface area contributed by atoms with Crippen molar-refractivity contribution in [2.24, 2.45) is 0 Å². The van der Waals surface area contributed by atoms with E-state index in [9.17, 15) is 19.1 Å². The number of rotatable bonds is 6. The normalized spacial score (nSPS) is 18.1. The summed E-state index contributed by atoms with van der Waals surface area (Å²) in [7, 11) is 3.83. The fourth-order valence-electron chi connectivity index (χ4n) is 4.42. The van der Waals surface area contributed by atoms with Gasteiger partial charge in [-0.15, -0.1) is 0 Å².